The van der Waals surface area contributed by atoms with Gasteiger partial charge in [-0.25, -0.2) is 0 Å². The van der Waals surface area contributed by atoms with E-state index >= 15 is 0 Å². The normalized spacial score (nSPS) is 19.5. The second kappa shape index (κ2) is 11.2. The summed E-state index contributed by atoms with van der Waals surface area (Å²) in [5, 5.41) is 0. The predicted octanol–water partition coefficient (Wildman–Crippen LogP) is 4.46. The molecule has 4 rings (SSSR count). The Balaban J connectivity index is 1.53. The standard InChI is InChI=1S/C27H27NO6/c1-31-27(30)17-23(21-13-14-24-25(16-21)34-19-33-24)28-15-6-5-10-22(11-7-12-26(28)29)32-18-20-8-3-2-4-9-20/h2-5,7-14,16,23H,6,15,17-19H2,1H3/b10-5+,12-7+,22-11+. The molecule has 1 unspecified atom stereocenters. The molecule has 2 aromatic carbocycles. The molecule has 1 amide bonds. The van der Waals surface area contributed by atoms with Crippen molar-refractivity contribution < 1.29 is 28.5 Å². The van der Waals surface area contributed by atoms with Crippen LogP contribution in [0.15, 0.2) is 84.7 Å². The highest BCUT2D eigenvalue weighted by Gasteiger charge is 2.28. The molecule has 0 aliphatic carbocycles. The molecule has 0 fully saturated rings. The van der Waals surface area contributed by atoms with Crippen molar-refractivity contribution in [2.24, 2.45) is 0 Å². The van der Waals surface area contributed by atoms with Crippen LogP contribution in [-0.2, 0) is 25.7 Å². The minimum absolute atomic E-state index is 0.0285. The van der Waals surface area contributed by atoms with Gasteiger partial charge in [-0.15, -0.1) is 0 Å². The number of rotatable bonds is 7. The second-order valence-corrected chi connectivity index (χ2v) is 7.83. The van der Waals surface area contributed by atoms with E-state index in [-0.39, 0.29) is 19.1 Å². The van der Waals surface area contributed by atoms with Crippen molar-refractivity contribution in [1.82, 2.24) is 4.90 Å². The smallest absolute Gasteiger partial charge is 0.307 e. The van der Waals surface area contributed by atoms with Crippen LogP contribution in [0.5, 0.6) is 11.5 Å². The summed E-state index contributed by atoms with van der Waals surface area (Å²) in [6.45, 7) is 1.01. The zero-order valence-corrected chi connectivity index (χ0v) is 19.0. The number of amides is 1. The van der Waals surface area contributed by atoms with Crippen LogP contribution in [0.3, 0.4) is 0 Å². The van der Waals surface area contributed by atoms with Crippen LogP contribution in [0.4, 0.5) is 0 Å². The van der Waals surface area contributed by atoms with Crippen LogP contribution >= 0.6 is 0 Å². The molecule has 2 heterocycles. The molecule has 0 radical (unpaired) electrons. The number of ether oxygens (including phenoxy) is 4. The maximum atomic E-state index is 13.2. The minimum atomic E-state index is -0.510. The second-order valence-electron chi connectivity index (χ2n) is 7.83. The maximum absolute atomic E-state index is 13.2. The zero-order valence-electron chi connectivity index (χ0n) is 19.0. The number of hydrogen-bond donors (Lipinski definition) is 0. The van der Waals surface area contributed by atoms with Gasteiger partial charge in [-0.2, -0.15) is 0 Å². The third kappa shape index (κ3) is 5.86. The van der Waals surface area contributed by atoms with Gasteiger partial charge >= 0.3 is 5.97 Å². The topological polar surface area (TPSA) is 74.3 Å². The number of fused-ring (bicyclic) bond motifs is 1. The fraction of sp³-hybridized carbons (Fsp3) is 0.259. The maximum Gasteiger partial charge on any atom is 0.307 e. The molecule has 2 aliphatic heterocycles. The van der Waals surface area contributed by atoms with Crippen LogP contribution in [0.2, 0.25) is 0 Å². The van der Waals surface area contributed by atoms with Crippen LogP contribution in [0.25, 0.3) is 0 Å². The summed E-state index contributed by atoms with van der Waals surface area (Å²) in [6, 6.07) is 14.8. The summed E-state index contributed by atoms with van der Waals surface area (Å²) in [5.74, 6) is 1.30. The molecule has 0 N–H and O–H groups in total. The quantitative estimate of drug-likeness (QED) is 0.567. The number of carbonyl (C=O) groups is 2. The SMILES string of the molecule is COC(=O)CC(c1ccc2c(c1)OCO2)N1CC/C=C/C(OCc2ccccc2)=C\C=C\C1=O. The molecular formula is C27H27NO6. The Bertz CT molecular complexity index is 1110. The number of allylic oxidation sites excluding steroid dienone is 3. The van der Waals surface area contributed by atoms with E-state index in [1.807, 2.05) is 54.6 Å². The lowest BCUT2D eigenvalue weighted by Crippen LogP contribution is -2.36. The van der Waals surface area contributed by atoms with Crippen molar-refractivity contribution in [3.63, 3.8) is 0 Å². The van der Waals surface area contributed by atoms with Crippen molar-refractivity contribution in [2.75, 3.05) is 20.4 Å². The Morgan fingerprint density at radius 2 is 1.91 bits per heavy atom. The average Bonchev–Trinajstić information content (AvgIpc) is 3.34. The van der Waals surface area contributed by atoms with Gasteiger partial charge in [0.1, 0.15) is 12.4 Å². The largest absolute Gasteiger partial charge is 0.489 e. The van der Waals surface area contributed by atoms with Gasteiger partial charge in [-0.3, -0.25) is 9.59 Å². The number of benzene rings is 2. The van der Waals surface area contributed by atoms with Gasteiger partial charge in [0, 0.05) is 12.6 Å². The van der Waals surface area contributed by atoms with Gasteiger partial charge in [0.2, 0.25) is 12.7 Å². The molecule has 2 aromatic rings. The third-order valence-electron chi connectivity index (χ3n) is 5.59. The molecule has 0 saturated carbocycles. The monoisotopic (exact) mass is 461 g/mol. The Morgan fingerprint density at radius 3 is 2.74 bits per heavy atom. The number of esters is 1. The van der Waals surface area contributed by atoms with E-state index in [0.29, 0.717) is 36.8 Å². The first-order valence-corrected chi connectivity index (χ1v) is 11.1. The summed E-state index contributed by atoms with van der Waals surface area (Å²) in [4.78, 5) is 27.1. The summed E-state index contributed by atoms with van der Waals surface area (Å²) in [5.41, 5.74) is 1.84. The first-order valence-electron chi connectivity index (χ1n) is 11.1. The number of carbonyl (C=O) groups excluding carboxylic acids is 2. The van der Waals surface area contributed by atoms with Gasteiger partial charge in [0.05, 0.1) is 19.6 Å². The van der Waals surface area contributed by atoms with Crippen molar-refractivity contribution in [3.8, 4) is 11.5 Å². The van der Waals surface area contributed by atoms with Crippen molar-refractivity contribution in [2.45, 2.75) is 25.5 Å². The van der Waals surface area contributed by atoms with Crippen LogP contribution in [-0.4, -0.2) is 37.2 Å². The fourth-order valence-corrected chi connectivity index (χ4v) is 3.82. The summed E-state index contributed by atoms with van der Waals surface area (Å²) < 4.78 is 21.7. The number of methoxy groups -OCH3 is 1. The average molecular weight is 462 g/mol. The first kappa shape index (κ1) is 23.2. The fourth-order valence-electron chi connectivity index (χ4n) is 3.82. The zero-order chi connectivity index (χ0) is 23.8. The van der Waals surface area contributed by atoms with Gasteiger partial charge in [-0.05, 0) is 41.8 Å². The van der Waals surface area contributed by atoms with Crippen molar-refractivity contribution >= 4 is 11.9 Å². The highest BCUT2D eigenvalue weighted by Crippen LogP contribution is 2.37. The molecule has 176 valence electrons. The lowest BCUT2D eigenvalue weighted by atomic mass is 10.0. The Kier molecular flexibility index (Phi) is 7.65. The molecule has 1 atom stereocenters. The molecule has 0 bridgehead atoms. The molecule has 0 spiro atoms. The van der Waals surface area contributed by atoms with E-state index in [1.54, 1.807) is 23.1 Å². The van der Waals surface area contributed by atoms with E-state index in [4.69, 9.17) is 18.9 Å². The van der Waals surface area contributed by atoms with Crippen molar-refractivity contribution in [3.05, 3.63) is 95.8 Å². The van der Waals surface area contributed by atoms with Crippen molar-refractivity contribution in [1.29, 1.82) is 0 Å². The summed E-state index contributed by atoms with van der Waals surface area (Å²) in [6.07, 6.45) is 9.40. The number of hydrogen-bond acceptors (Lipinski definition) is 6. The lowest BCUT2D eigenvalue weighted by molar-refractivity contribution is -0.143. The third-order valence-corrected chi connectivity index (χ3v) is 5.59. The van der Waals surface area contributed by atoms with Crippen LogP contribution < -0.4 is 9.47 Å². The summed E-state index contributed by atoms with van der Waals surface area (Å²) in [7, 11) is 1.34. The highest BCUT2D eigenvalue weighted by atomic mass is 16.7. The Hall–Kier alpha value is -4.00. The van der Waals surface area contributed by atoms with Gasteiger partial charge in [-0.1, -0.05) is 48.6 Å². The van der Waals surface area contributed by atoms with E-state index in [0.717, 1.165) is 11.1 Å². The molecule has 7 nitrogen and oxygen atoms in total. The van der Waals surface area contributed by atoms with Gasteiger partial charge in [0.25, 0.3) is 0 Å². The summed E-state index contributed by atoms with van der Waals surface area (Å²) >= 11 is 0. The van der Waals surface area contributed by atoms with Crippen LogP contribution in [0.1, 0.15) is 30.0 Å². The molecule has 0 saturated heterocycles. The van der Waals surface area contributed by atoms with E-state index < -0.39 is 12.0 Å². The van der Waals surface area contributed by atoms with Crippen LogP contribution in [0, 0.1) is 0 Å². The Morgan fingerprint density at radius 1 is 1.09 bits per heavy atom. The molecule has 7 heteroatoms. The van der Waals surface area contributed by atoms with E-state index in [2.05, 4.69) is 0 Å². The molecule has 2 aliphatic rings. The molecule has 34 heavy (non-hydrogen) atoms. The van der Waals surface area contributed by atoms with E-state index in [9.17, 15) is 9.59 Å². The van der Waals surface area contributed by atoms with E-state index in [1.165, 1.54) is 13.2 Å². The highest BCUT2D eigenvalue weighted by molar-refractivity contribution is 5.88. The molecule has 0 aromatic heterocycles. The lowest BCUT2D eigenvalue weighted by Gasteiger charge is -2.31. The Labute approximate surface area is 198 Å². The predicted molar refractivity (Wildman–Crippen MR) is 126 cm³/mol. The minimum Gasteiger partial charge on any atom is -0.489 e. The first-order chi connectivity index (χ1) is 16.6. The van der Waals surface area contributed by atoms with Gasteiger partial charge < -0.3 is 23.8 Å². The molecular weight excluding hydrogens is 434 g/mol. The van der Waals surface area contributed by atoms with Gasteiger partial charge in [0.15, 0.2) is 11.5 Å². The number of nitrogens with zero attached hydrogens (tertiary/aromatic N) is 1.